The lowest BCUT2D eigenvalue weighted by atomic mass is 10.1. The van der Waals surface area contributed by atoms with Crippen molar-refractivity contribution >= 4 is 34.9 Å². The van der Waals surface area contributed by atoms with Crippen molar-refractivity contribution in [1.82, 2.24) is 4.98 Å². The summed E-state index contributed by atoms with van der Waals surface area (Å²) in [7, 11) is 0. The Morgan fingerprint density at radius 2 is 1.80 bits per heavy atom. The Balaban J connectivity index is 1.62. The van der Waals surface area contributed by atoms with Gasteiger partial charge in [-0.2, -0.15) is 0 Å². The highest BCUT2D eigenvalue weighted by atomic mass is 32.2. The van der Waals surface area contributed by atoms with Crippen LogP contribution >= 0.6 is 23.1 Å². The molecular weight excluding hydrogens is 354 g/mol. The van der Waals surface area contributed by atoms with Crippen molar-refractivity contribution in [3.63, 3.8) is 0 Å². The van der Waals surface area contributed by atoms with Gasteiger partial charge in [0.2, 0.25) is 0 Å². The molecule has 0 N–H and O–H groups in total. The molecule has 4 nitrogen and oxygen atoms in total. The van der Waals surface area contributed by atoms with E-state index in [1.54, 1.807) is 53.2 Å². The molecule has 2 aromatic carbocycles. The number of rotatable bonds is 7. The van der Waals surface area contributed by atoms with Crippen molar-refractivity contribution in [2.75, 3.05) is 6.61 Å². The van der Waals surface area contributed by atoms with Crippen LogP contribution in [0, 0.1) is 0 Å². The number of ketones is 1. The molecule has 0 aliphatic carbocycles. The van der Waals surface area contributed by atoms with Gasteiger partial charge in [-0.1, -0.05) is 42.5 Å². The first-order chi connectivity index (χ1) is 12.2. The van der Waals surface area contributed by atoms with E-state index in [1.807, 2.05) is 23.6 Å². The fourth-order valence-corrected chi connectivity index (χ4v) is 3.74. The van der Waals surface area contributed by atoms with Crippen molar-refractivity contribution < 1.29 is 14.3 Å². The number of Topliss-reactive ketones (excluding diaryl/α,β-unsaturated/α-hetero) is 1. The van der Waals surface area contributed by atoms with E-state index in [9.17, 15) is 9.59 Å². The maximum Gasteiger partial charge on any atom is 0.339 e. The molecule has 0 bridgehead atoms. The number of thioether (sulfide) groups is 1. The largest absolute Gasteiger partial charge is 0.454 e. The van der Waals surface area contributed by atoms with Gasteiger partial charge in [0.1, 0.15) is 0 Å². The highest BCUT2D eigenvalue weighted by Gasteiger charge is 2.15. The van der Waals surface area contributed by atoms with Gasteiger partial charge in [-0.15, -0.1) is 23.1 Å². The third-order valence-electron chi connectivity index (χ3n) is 3.40. The summed E-state index contributed by atoms with van der Waals surface area (Å²) in [6, 6.07) is 16.0. The molecule has 0 spiro atoms. The van der Waals surface area contributed by atoms with Crippen LogP contribution in [0.1, 0.15) is 26.4 Å². The maximum absolute atomic E-state index is 12.4. The molecule has 3 rings (SSSR count). The molecule has 1 heterocycles. The number of nitrogens with zero attached hydrogens (tertiary/aromatic N) is 1. The fourth-order valence-electron chi connectivity index (χ4n) is 2.14. The molecule has 0 saturated heterocycles. The summed E-state index contributed by atoms with van der Waals surface area (Å²) in [6.45, 7) is -0.270. The summed E-state index contributed by atoms with van der Waals surface area (Å²) < 4.78 is 5.21. The number of ether oxygens (including phenoxy) is 1. The molecule has 25 heavy (non-hydrogen) atoms. The minimum absolute atomic E-state index is 0.221. The maximum atomic E-state index is 12.4. The molecule has 0 radical (unpaired) electrons. The number of carbonyl (C=O) groups excluding carboxylic acids is 2. The predicted molar refractivity (Wildman–Crippen MR) is 99.2 cm³/mol. The van der Waals surface area contributed by atoms with E-state index in [1.165, 1.54) is 11.8 Å². The molecule has 0 amide bonds. The Morgan fingerprint density at radius 3 is 2.56 bits per heavy atom. The Morgan fingerprint density at radius 1 is 1.04 bits per heavy atom. The second kappa shape index (κ2) is 8.60. The first kappa shape index (κ1) is 17.4. The first-order valence-electron chi connectivity index (χ1n) is 7.58. The van der Waals surface area contributed by atoms with Crippen LogP contribution in [0.15, 0.2) is 70.4 Å². The van der Waals surface area contributed by atoms with Crippen LogP contribution in [0.25, 0.3) is 0 Å². The van der Waals surface area contributed by atoms with Crippen molar-refractivity contribution in [1.29, 1.82) is 0 Å². The predicted octanol–water partition coefficient (Wildman–Crippen LogP) is 4.48. The smallest absolute Gasteiger partial charge is 0.339 e. The van der Waals surface area contributed by atoms with Crippen LogP contribution in [-0.4, -0.2) is 23.3 Å². The molecule has 0 aliphatic heterocycles. The van der Waals surface area contributed by atoms with E-state index in [0.29, 0.717) is 16.9 Å². The zero-order chi connectivity index (χ0) is 17.5. The summed E-state index contributed by atoms with van der Waals surface area (Å²) in [5.41, 5.74) is 3.74. The van der Waals surface area contributed by atoms with Gasteiger partial charge in [-0.25, -0.2) is 9.78 Å². The van der Waals surface area contributed by atoms with Crippen molar-refractivity contribution in [2.24, 2.45) is 0 Å². The number of hydrogen-bond donors (Lipinski definition) is 0. The van der Waals surface area contributed by atoms with E-state index in [4.69, 9.17) is 4.74 Å². The zero-order valence-corrected chi connectivity index (χ0v) is 14.9. The van der Waals surface area contributed by atoms with Crippen molar-refractivity contribution in [3.8, 4) is 0 Å². The molecule has 1 aromatic heterocycles. The lowest BCUT2D eigenvalue weighted by Crippen LogP contribution is -2.14. The number of benzene rings is 2. The third-order valence-corrected chi connectivity index (χ3v) is 5.14. The van der Waals surface area contributed by atoms with Crippen LogP contribution in [-0.2, 0) is 10.5 Å². The number of thiazole rings is 1. The highest BCUT2D eigenvalue weighted by molar-refractivity contribution is 7.98. The Labute approximate surface area is 153 Å². The van der Waals surface area contributed by atoms with Gasteiger partial charge in [0.15, 0.2) is 12.4 Å². The lowest BCUT2D eigenvalue weighted by molar-refractivity contribution is 0.0471. The zero-order valence-electron chi connectivity index (χ0n) is 13.3. The second-order valence-corrected chi connectivity index (χ2v) is 6.87. The summed E-state index contributed by atoms with van der Waals surface area (Å²) >= 11 is 3.06. The summed E-state index contributed by atoms with van der Waals surface area (Å²) in [5.74, 6) is -0.0382. The van der Waals surface area contributed by atoms with Gasteiger partial charge in [-0.05, 0) is 12.1 Å². The molecule has 0 saturated carbocycles. The number of esters is 1. The van der Waals surface area contributed by atoms with E-state index >= 15 is 0 Å². The van der Waals surface area contributed by atoms with Gasteiger partial charge >= 0.3 is 5.97 Å². The standard InChI is InChI=1S/C19H15NO3S2/c21-17(14-6-2-1-3-7-14)10-23-19(22)16-8-4-5-9-18(16)25-12-15-11-24-13-20-15/h1-9,11,13H,10,12H2. The number of aromatic nitrogens is 1. The van der Waals surface area contributed by atoms with Crippen molar-refractivity contribution in [2.45, 2.75) is 10.6 Å². The Bertz CT molecular complexity index is 848. The normalized spacial score (nSPS) is 10.4. The van der Waals surface area contributed by atoms with Gasteiger partial charge in [0.25, 0.3) is 0 Å². The molecule has 0 atom stereocenters. The quantitative estimate of drug-likeness (QED) is 0.349. The second-order valence-electron chi connectivity index (χ2n) is 5.13. The number of hydrogen-bond acceptors (Lipinski definition) is 6. The average molecular weight is 369 g/mol. The minimum Gasteiger partial charge on any atom is -0.454 e. The average Bonchev–Trinajstić information content (AvgIpc) is 3.18. The molecular formula is C19H15NO3S2. The monoisotopic (exact) mass is 369 g/mol. The van der Waals surface area contributed by atoms with Crippen molar-refractivity contribution in [3.05, 3.63) is 82.3 Å². The van der Waals surface area contributed by atoms with E-state index in [2.05, 4.69) is 4.98 Å². The fraction of sp³-hybridized carbons (Fsp3) is 0.105. The van der Waals surface area contributed by atoms with Gasteiger partial charge < -0.3 is 4.74 Å². The SMILES string of the molecule is O=C(COC(=O)c1ccccc1SCc1cscn1)c1ccccc1. The van der Waals surface area contributed by atoms with Crippen LogP contribution in [0.2, 0.25) is 0 Å². The summed E-state index contributed by atoms with van der Waals surface area (Å²) in [4.78, 5) is 29.5. The topological polar surface area (TPSA) is 56.3 Å². The molecule has 0 fully saturated rings. The van der Waals surface area contributed by atoms with Crippen LogP contribution < -0.4 is 0 Å². The molecule has 0 aliphatic rings. The molecule has 6 heteroatoms. The molecule has 3 aromatic rings. The van der Waals surface area contributed by atoms with Crippen LogP contribution in [0.3, 0.4) is 0 Å². The van der Waals surface area contributed by atoms with E-state index < -0.39 is 5.97 Å². The van der Waals surface area contributed by atoms with Gasteiger partial charge in [-0.3, -0.25) is 4.79 Å². The summed E-state index contributed by atoms with van der Waals surface area (Å²) in [6.07, 6.45) is 0. The van der Waals surface area contributed by atoms with Crippen LogP contribution in [0.4, 0.5) is 0 Å². The van der Waals surface area contributed by atoms with E-state index in [-0.39, 0.29) is 12.4 Å². The Hall–Kier alpha value is -2.44. The first-order valence-corrected chi connectivity index (χ1v) is 9.51. The van der Waals surface area contributed by atoms with Gasteiger partial charge in [0, 0.05) is 21.6 Å². The summed E-state index contributed by atoms with van der Waals surface area (Å²) in [5, 5.41) is 1.98. The Kier molecular flexibility index (Phi) is 5.98. The third kappa shape index (κ3) is 4.78. The van der Waals surface area contributed by atoms with E-state index in [0.717, 1.165) is 10.6 Å². The molecule has 126 valence electrons. The van der Waals surface area contributed by atoms with Gasteiger partial charge in [0.05, 0.1) is 16.8 Å². The lowest BCUT2D eigenvalue weighted by Gasteiger charge is -2.08. The highest BCUT2D eigenvalue weighted by Crippen LogP contribution is 2.26. The number of carbonyl (C=O) groups is 2. The van der Waals surface area contributed by atoms with Crippen LogP contribution in [0.5, 0.6) is 0 Å². The molecule has 0 unspecified atom stereocenters. The minimum atomic E-state index is -0.495.